The number of benzene rings is 1. The number of hydrogen-bond donors (Lipinski definition) is 3. The Morgan fingerprint density at radius 3 is 2.60 bits per heavy atom. The van der Waals surface area contributed by atoms with Gasteiger partial charge in [-0.05, 0) is 43.9 Å². The van der Waals surface area contributed by atoms with Crippen LogP contribution in [0.3, 0.4) is 0 Å². The molecule has 0 spiro atoms. The molecule has 2 saturated carbocycles. The molecule has 2 unspecified atom stereocenters. The molecule has 0 saturated heterocycles. The maximum Gasteiger partial charge on any atom is 0.223 e. The third-order valence-corrected chi connectivity index (χ3v) is 4.91. The van der Waals surface area contributed by atoms with Gasteiger partial charge in [0.1, 0.15) is 0 Å². The molecule has 0 radical (unpaired) electrons. The van der Waals surface area contributed by atoms with Crippen LogP contribution in [0.25, 0.3) is 0 Å². The van der Waals surface area contributed by atoms with Gasteiger partial charge in [-0.25, -0.2) is 0 Å². The molecule has 0 heterocycles. The van der Waals surface area contributed by atoms with Crippen molar-refractivity contribution in [2.75, 3.05) is 19.6 Å². The second kappa shape index (κ2) is 9.75. The smallest absolute Gasteiger partial charge is 0.223 e. The zero-order chi connectivity index (χ0) is 16.9. The van der Waals surface area contributed by atoms with Crippen molar-refractivity contribution >= 4 is 51.8 Å². The van der Waals surface area contributed by atoms with E-state index in [2.05, 4.69) is 68.1 Å². The summed E-state index contributed by atoms with van der Waals surface area (Å²) in [5.41, 5.74) is 1.36. The van der Waals surface area contributed by atoms with Gasteiger partial charge in [0.05, 0.1) is 6.54 Å². The summed E-state index contributed by atoms with van der Waals surface area (Å²) in [4.78, 5) is 16.2. The molecule has 0 aromatic heterocycles. The van der Waals surface area contributed by atoms with Crippen molar-refractivity contribution in [3.8, 4) is 0 Å². The number of aliphatic imine (C=N–C) groups is 1. The van der Waals surface area contributed by atoms with Crippen LogP contribution < -0.4 is 16.0 Å². The number of rotatable bonds is 7. The van der Waals surface area contributed by atoms with Crippen molar-refractivity contribution in [3.63, 3.8) is 0 Å². The Kier molecular flexibility index (Phi) is 7.99. The maximum absolute atomic E-state index is 11.6. The standard InChI is InChI=1S/C18H25BrN4O.HI/c1-2-20-18(22-10-9-21-17(24)13-3-4-13)23-16-11-15(16)12-5-7-14(19)8-6-12;/h5-8,13,15-16H,2-4,9-11H2,1H3,(H,21,24)(H2,20,22,23);1H. The minimum Gasteiger partial charge on any atom is -0.357 e. The number of nitrogens with zero attached hydrogens (tertiary/aromatic N) is 1. The highest BCUT2D eigenvalue weighted by Gasteiger charge is 2.38. The predicted octanol–water partition coefficient (Wildman–Crippen LogP) is 3.00. The molecular weight excluding hydrogens is 495 g/mol. The SMILES string of the molecule is CCNC(=NCCNC(=O)C1CC1)NC1CC1c1ccc(Br)cc1.I. The molecule has 0 aliphatic heterocycles. The summed E-state index contributed by atoms with van der Waals surface area (Å²) in [6, 6.07) is 8.96. The average molecular weight is 521 g/mol. The highest BCUT2D eigenvalue weighted by Crippen LogP contribution is 2.40. The fraction of sp³-hybridized carbons (Fsp3) is 0.556. The molecule has 1 aromatic carbocycles. The molecule has 0 bridgehead atoms. The number of carbonyl (C=O) groups is 1. The van der Waals surface area contributed by atoms with Crippen LogP contribution in [0.5, 0.6) is 0 Å². The van der Waals surface area contributed by atoms with E-state index < -0.39 is 0 Å². The van der Waals surface area contributed by atoms with E-state index in [1.54, 1.807) is 0 Å². The molecule has 1 aromatic rings. The van der Waals surface area contributed by atoms with Gasteiger partial charge < -0.3 is 16.0 Å². The lowest BCUT2D eigenvalue weighted by molar-refractivity contribution is -0.122. The van der Waals surface area contributed by atoms with Crippen molar-refractivity contribution in [2.45, 2.75) is 38.1 Å². The number of hydrogen-bond acceptors (Lipinski definition) is 2. The van der Waals surface area contributed by atoms with Gasteiger partial charge in [-0.2, -0.15) is 0 Å². The van der Waals surface area contributed by atoms with E-state index in [-0.39, 0.29) is 35.8 Å². The summed E-state index contributed by atoms with van der Waals surface area (Å²) < 4.78 is 1.11. The second-order valence-electron chi connectivity index (χ2n) is 6.47. The summed E-state index contributed by atoms with van der Waals surface area (Å²) in [5, 5.41) is 9.71. The van der Waals surface area contributed by atoms with Crippen LogP contribution in [-0.2, 0) is 4.79 Å². The zero-order valence-corrected chi connectivity index (χ0v) is 18.3. The van der Waals surface area contributed by atoms with Gasteiger partial charge >= 0.3 is 0 Å². The van der Waals surface area contributed by atoms with Crippen molar-refractivity contribution in [1.29, 1.82) is 0 Å². The highest BCUT2D eigenvalue weighted by atomic mass is 127. The molecule has 138 valence electrons. The Morgan fingerprint density at radius 2 is 1.96 bits per heavy atom. The number of halogens is 2. The van der Waals surface area contributed by atoms with Crippen molar-refractivity contribution in [2.24, 2.45) is 10.9 Å². The molecule has 2 aliphatic rings. The largest absolute Gasteiger partial charge is 0.357 e. The van der Waals surface area contributed by atoms with E-state index >= 15 is 0 Å². The maximum atomic E-state index is 11.6. The van der Waals surface area contributed by atoms with Crippen LogP contribution in [-0.4, -0.2) is 37.5 Å². The summed E-state index contributed by atoms with van der Waals surface area (Å²) in [6.07, 6.45) is 3.21. The first-order valence-corrected chi connectivity index (χ1v) is 9.54. The first-order valence-electron chi connectivity index (χ1n) is 8.75. The van der Waals surface area contributed by atoms with Crippen molar-refractivity contribution < 1.29 is 4.79 Å². The predicted molar refractivity (Wildman–Crippen MR) is 116 cm³/mol. The summed E-state index contributed by atoms with van der Waals surface area (Å²) in [5.74, 6) is 1.83. The van der Waals surface area contributed by atoms with Crippen LogP contribution in [0.2, 0.25) is 0 Å². The zero-order valence-electron chi connectivity index (χ0n) is 14.4. The molecule has 2 atom stereocenters. The van der Waals surface area contributed by atoms with Crippen LogP contribution in [0.15, 0.2) is 33.7 Å². The molecule has 3 N–H and O–H groups in total. The van der Waals surface area contributed by atoms with Crippen LogP contribution in [0, 0.1) is 5.92 Å². The average Bonchev–Trinajstić information content (AvgIpc) is 3.46. The quantitative estimate of drug-likeness (QED) is 0.224. The van der Waals surface area contributed by atoms with E-state index in [4.69, 9.17) is 0 Å². The van der Waals surface area contributed by atoms with Crippen LogP contribution >= 0.6 is 39.9 Å². The molecule has 5 nitrogen and oxygen atoms in total. The van der Waals surface area contributed by atoms with E-state index in [9.17, 15) is 4.79 Å². The molecule has 2 fully saturated rings. The number of nitrogens with one attached hydrogen (secondary N) is 3. The third-order valence-electron chi connectivity index (χ3n) is 4.38. The normalized spacial score (nSPS) is 21.9. The Labute approximate surface area is 175 Å². The summed E-state index contributed by atoms with van der Waals surface area (Å²) in [6.45, 7) is 4.09. The van der Waals surface area contributed by atoms with Gasteiger partial charge in [-0.15, -0.1) is 24.0 Å². The molecule has 7 heteroatoms. The number of carbonyl (C=O) groups excluding carboxylic acids is 1. The Morgan fingerprint density at radius 1 is 1.24 bits per heavy atom. The summed E-state index contributed by atoms with van der Waals surface area (Å²) in [7, 11) is 0. The van der Waals surface area contributed by atoms with Crippen LogP contribution in [0.4, 0.5) is 0 Å². The highest BCUT2D eigenvalue weighted by molar-refractivity contribution is 14.0. The van der Waals surface area contributed by atoms with E-state index in [1.165, 1.54) is 5.56 Å². The fourth-order valence-electron chi connectivity index (χ4n) is 2.77. The van der Waals surface area contributed by atoms with Crippen LogP contribution in [0.1, 0.15) is 37.7 Å². The first-order chi connectivity index (χ1) is 11.7. The van der Waals surface area contributed by atoms with Gasteiger partial charge in [0.2, 0.25) is 5.91 Å². The van der Waals surface area contributed by atoms with Gasteiger partial charge in [0, 0.05) is 35.4 Å². The lowest BCUT2D eigenvalue weighted by Crippen LogP contribution is -2.39. The summed E-state index contributed by atoms with van der Waals surface area (Å²) >= 11 is 3.47. The van der Waals surface area contributed by atoms with Crippen molar-refractivity contribution in [3.05, 3.63) is 34.3 Å². The Balaban J connectivity index is 0.00000225. The Bertz CT molecular complexity index is 604. The first kappa shape index (κ1) is 20.5. The van der Waals surface area contributed by atoms with E-state index in [1.807, 2.05) is 0 Å². The lowest BCUT2D eigenvalue weighted by atomic mass is 10.1. The van der Waals surface area contributed by atoms with Gasteiger partial charge in [0.25, 0.3) is 0 Å². The van der Waals surface area contributed by atoms with Gasteiger partial charge in [-0.3, -0.25) is 9.79 Å². The minimum absolute atomic E-state index is 0. The van der Waals surface area contributed by atoms with Gasteiger partial charge in [-0.1, -0.05) is 28.1 Å². The lowest BCUT2D eigenvalue weighted by Gasteiger charge is -2.11. The molecule has 1 amide bonds. The molecule has 2 aliphatic carbocycles. The van der Waals surface area contributed by atoms with Crippen molar-refractivity contribution in [1.82, 2.24) is 16.0 Å². The third kappa shape index (κ3) is 6.44. The van der Waals surface area contributed by atoms with E-state index in [0.717, 1.165) is 36.2 Å². The minimum atomic E-state index is 0. The van der Waals surface area contributed by atoms with Gasteiger partial charge in [0.15, 0.2) is 5.96 Å². The molecule has 3 rings (SSSR count). The second-order valence-corrected chi connectivity index (χ2v) is 7.39. The fourth-order valence-corrected chi connectivity index (χ4v) is 3.03. The molecule has 25 heavy (non-hydrogen) atoms. The molecular formula is C18H26BrIN4O. The number of guanidine groups is 1. The monoisotopic (exact) mass is 520 g/mol. The van der Waals surface area contributed by atoms with E-state index in [0.29, 0.717) is 25.0 Å². The number of amides is 1. The Hall–Kier alpha value is -0.830. The topological polar surface area (TPSA) is 65.5 Å².